The van der Waals surface area contributed by atoms with E-state index < -0.39 is 0 Å². The maximum Gasteiger partial charge on any atom is -0.0286 e. The van der Waals surface area contributed by atoms with Crippen LogP contribution in [-0.4, -0.2) is 0 Å². The van der Waals surface area contributed by atoms with E-state index in [9.17, 15) is 0 Å². The summed E-state index contributed by atoms with van der Waals surface area (Å²) in [6, 6.07) is 0. The zero-order valence-corrected chi connectivity index (χ0v) is 11.8. The summed E-state index contributed by atoms with van der Waals surface area (Å²) in [7, 11) is 0. The van der Waals surface area contributed by atoms with Crippen molar-refractivity contribution in [3.8, 4) is 0 Å². The lowest BCUT2D eigenvalue weighted by atomic mass is 10.0. The van der Waals surface area contributed by atoms with Gasteiger partial charge >= 0.3 is 0 Å². The van der Waals surface area contributed by atoms with Gasteiger partial charge in [0.2, 0.25) is 0 Å². The van der Waals surface area contributed by atoms with Crippen molar-refractivity contribution in [3.05, 3.63) is 34.9 Å². The predicted molar refractivity (Wildman–Crippen MR) is 75.7 cm³/mol. The van der Waals surface area contributed by atoms with Crippen LogP contribution in [0.5, 0.6) is 0 Å². The van der Waals surface area contributed by atoms with Crippen LogP contribution in [0.4, 0.5) is 0 Å². The van der Waals surface area contributed by atoms with Gasteiger partial charge in [0, 0.05) is 0 Å². The van der Waals surface area contributed by atoms with Crippen molar-refractivity contribution >= 4 is 0 Å². The Morgan fingerprint density at radius 1 is 0.812 bits per heavy atom. The first kappa shape index (κ1) is 15.2. The van der Waals surface area contributed by atoms with Gasteiger partial charge in [-0.05, 0) is 59.8 Å². The number of rotatable bonds is 7. The summed E-state index contributed by atoms with van der Waals surface area (Å²) in [5.74, 6) is 0. The van der Waals surface area contributed by atoms with E-state index in [-0.39, 0.29) is 0 Å². The fourth-order valence-electron chi connectivity index (χ4n) is 1.64. The summed E-state index contributed by atoms with van der Waals surface area (Å²) in [6.07, 6.45) is 12.9. The van der Waals surface area contributed by atoms with E-state index in [1.807, 2.05) is 0 Å². The summed E-state index contributed by atoms with van der Waals surface area (Å²) in [6.45, 7) is 11.0. The third-order valence-corrected chi connectivity index (χ3v) is 2.99. The van der Waals surface area contributed by atoms with Crippen LogP contribution in [0.2, 0.25) is 0 Å². The van der Waals surface area contributed by atoms with Gasteiger partial charge in [-0.15, -0.1) is 0 Å². The van der Waals surface area contributed by atoms with E-state index >= 15 is 0 Å². The first-order valence-electron chi connectivity index (χ1n) is 6.53. The van der Waals surface area contributed by atoms with Crippen molar-refractivity contribution in [2.24, 2.45) is 0 Å². The first-order valence-corrected chi connectivity index (χ1v) is 6.53. The van der Waals surface area contributed by atoms with Gasteiger partial charge in [-0.1, -0.05) is 41.9 Å². The summed E-state index contributed by atoms with van der Waals surface area (Å²) >= 11 is 0. The topological polar surface area (TPSA) is 0 Å². The van der Waals surface area contributed by atoms with Crippen molar-refractivity contribution in [2.75, 3.05) is 0 Å². The van der Waals surface area contributed by atoms with Gasteiger partial charge in [0.1, 0.15) is 0 Å². The second-order valence-electron chi connectivity index (χ2n) is 4.68. The van der Waals surface area contributed by atoms with Crippen LogP contribution in [-0.2, 0) is 0 Å². The minimum absolute atomic E-state index is 1.16. The number of allylic oxidation sites excluding steroid dienone is 6. The fraction of sp³-hybridized carbons (Fsp3) is 0.625. The van der Waals surface area contributed by atoms with E-state index in [1.165, 1.54) is 42.4 Å². The summed E-state index contributed by atoms with van der Waals surface area (Å²) in [5, 5.41) is 0. The Kier molecular flexibility index (Phi) is 8.99. The third kappa shape index (κ3) is 8.52. The molecule has 0 unspecified atom stereocenters. The number of hydrogen-bond donors (Lipinski definition) is 0. The zero-order chi connectivity index (χ0) is 12.4. The molecule has 0 amide bonds. The molecule has 0 saturated heterocycles. The van der Waals surface area contributed by atoms with Crippen molar-refractivity contribution in [2.45, 2.75) is 66.7 Å². The van der Waals surface area contributed by atoms with Gasteiger partial charge < -0.3 is 0 Å². The van der Waals surface area contributed by atoms with Crippen molar-refractivity contribution in [1.29, 1.82) is 0 Å². The second-order valence-corrected chi connectivity index (χ2v) is 4.68. The van der Waals surface area contributed by atoms with Crippen LogP contribution in [0.15, 0.2) is 34.9 Å². The average Bonchev–Trinajstić information content (AvgIpc) is 2.26. The highest BCUT2D eigenvalue weighted by atomic mass is 14.0. The second kappa shape index (κ2) is 9.45. The predicted octanol–water partition coefficient (Wildman–Crippen LogP) is 5.82. The lowest BCUT2D eigenvalue weighted by Crippen LogP contribution is -1.82. The minimum atomic E-state index is 1.16. The van der Waals surface area contributed by atoms with Gasteiger partial charge in [0.25, 0.3) is 0 Å². The molecule has 0 aromatic heterocycles. The molecule has 0 atom stereocenters. The van der Waals surface area contributed by atoms with E-state index in [0.717, 1.165) is 6.42 Å². The maximum absolute atomic E-state index is 2.40. The Labute approximate surface area is 102 Å². The lowest BCUT2D eigenvalue weighted by Gasteiger charge is -2.02. The molecule has 92 valence electrons. The Morgan fingerprint density at radius 3 is 1.94 bits per heavy atom. The Bertz CT molecular complexity index is 264. The molecule has 0 bridgehead atoms. The number of hydrogen-bond acceptors (Lipinski definition) is 0. The molecule has 0 heterocycles. The van der Waals surface area contributed by atoms with Crippen molar-refractivity contribution in [1.82, 2.24) is 0 Å². The molecule has 0 aliphatic carbocycles. The monoisotopic (exact) mass is 220 g/mol. The zero-order valence-electron chi connectivity index (χ0n) is 11.8. The molecule has 0 heteroatoms. The van der Waals surface area contributed by atoms with E-state index in [1.54, 1.807) is 0 Å². The van der Waals surface area contributed by atoms with Crippen molar-refractivity contribution in [3.63, 3.8) is 0 Å². The molecule has 0 nitrogen and oxygen atoms in total. The molecule has 0 fully saturated rings. The maximum atomic E-state index is 2.40. The van der Waals surface area contributed by atoms with Crippen LogP contribution in [0.1, 0.15) is 66.7 Å². The molecular weight excluding hydrogens is 192 g/mol. The Balaban J connectivity index is 3.83. The SMILES string of the molecule is C/C=C(\C)CC/C(C)=C/CC/C(C)=C/CC. The molecule has 16 heavy (non-hydrogen) atoms. The van der Waals surface area contributed by atoms with Crippen LogP contribution in [0, 0.1) is 0 Å². The molecule has 0 aromatic rings. The largest absolute Gasteiger partial charge is 0.0887 e. The van der Waals surface area contributed by atoms with Gasteiger partial charge in [0.05, 0.1) is 0 Å². The lowest BCUT2D eigenvalue weighted by molar-refractivity contribution is 0.891. The van der Waals surface area contributed by atoms with Crippen LogP contribution < -0.4 is 0 Å². The molecular formula is C16H28. The fourth-order valence-corrected chi connectivity index (χ4v) is 1.64. The highest BCUT2D eigenvalue weighted by molar-refractivity contribution is 5.06. The Morgan fingerprint density at radius 2 is 1.38 bits per heavy atom. The van der Waals surface area contributed by atoms with Gasteiger partial charge in [0.15, 0.2) is 0 Å². The molecule has 0 saturated carbocycles. The van der Waals surface area contributed by atoms with Gasteiger partial charge in [-0.25, -0.2) is 0 Å². The molecule has 0 aliphatic rings. The van der Waals surface area contributed by atoms with Crippen LogP contribution in [0.3, 0.4) is 0 Å². The quantitative estimate of drug-likeness (QED) is 0.474. The molecule has 0 radical (unpaired) electrons. The van der Waals surface area contributed by atoms with E-state index in [2.05, 4.69) is 52.8 Å². The van der Waals surface area contributed by atoms with Crippen molar-refractivity contribution < 1.29 is 0 Å². The Hall–Kier alpha value is -0.780. The smallest absolute Gasteiger partial charge is 0.0286 e. The highest BCUT2D eigenvalue weighted by Gasteiger charge is 1.93. The standard InChI is InChI=1S/C16H28/c1-6-9-15(4)10-8-11-16(5)13-12-14(3)7-2/h7,9,11H,6,8,10,12-13H2,1-5H3/b14-7+,15-9+,16-11+. The third-order valence-electron chi connectivity index (χ3n) is 2.99. The molecule has 0 spiro atoms. The van der Waals surface area contributed by atoms with Gasteiger partial charge in [-0.2, -0.15) is 0 Å². The van der Waals surface area contributed by atoms with Crippen LogP contribution in [0.25, 0.3) is 0 Å². The molecule has 0 rings (SSSR count). The summed E-state index contributed by atoms with van der Waals surface area (Å²) in [4.78, 5) is 0. The normalized spacial score (nSPS) is 14.4. The van der Waals surface area contributed by atoms with Crippen LogP contribution >= 0.6 is 0 Å². The van der Waals surface area contributed by atoms with E-state index in [4.69, 9.17) is 0 Å². The summed E-state index contributed by atoms with van der Waals surface area (Å²) in [5.41, 5.74) is 4.55. The average molecular weight is 220 g/mol. The van der Waals surface area contributed by atoms with E-state index in [0.29, 0.717) is 0 Å². The molecule has 0 aliphatic heterocycles. The summed E-state index contributed by atoms with van der Waals surface area (Å²) < 4.78 is 0. The first-order chi connectivity index (χ1) is 7.60. The van der Waals surface area contributed by atoms with Gasteiger partial charge in [-0.3, -0.25) is 0 Å². The highest BCUT2D eigenvalue weighted by Crippen LogP contribution is 2.13. The molecule has 0 aromatic carbocycles. The molecule has 0 N–H and O–H groups in total. The minimum Gasteiger partial charge on any atom is -0.0887 e.